The minimum Gasteiger partial charge on any atom is -0.263 e. The third-order valence-corrected chi connectivity index (χ3v) is 4.74. The third-order valence-electron chi connectivity index (χ3n) is 3.39. The Labute approximate surface area is 124 Å². The number of benzene rings is 1. The van der Waals surface area contributed by atoms with Crippen molar-refractivity contribution >= 4 is 15.8 Å². The Kier molecular flexibility index (Phi) is 3.41. The predicted octanol–water partition coefficient (Wildman–Crippen LogP) is 2.77. The van der Waals surface area contributed by atoms with Gasteiger partial charge in [-0.3, -0.25) is 4.72 Å². The van der Waals surface area contributed by atoms with E-state index in [-0.39, 0.29) is 4.90 Å². The number of nitrogens with one attached hydrogen (secondary N) is 1. The van der Waals surface area contributed by atoms with Crippen LogP contribution in [0.25, 0.3) is 0 Å². The highest BCUT2D eigenvalue weighted by atomic mass is 32.2. The molecule has 21 heavy (non-hydrogen) atoms. The highest BCUT2D eigenvalue weighted by Gasteiger charge is 2.26. The average molecular weight is 303 g/mol. The summed E-state index contributed by atoms with van der Waals surface area (Å²) in [5.41, 5.74) is 1.82. The van der Waals surface area contributed by atoms with E-state index < -0.39 is 10.0 Å². The van der Waals surface area contributed by atoms with Crippen LogP contribution in [-0.4, -0.2) is 18.4 Å². The number of aromatic nitrogens is 2. The number of hydrogen-bond donors (Lipinski definition) is 1. The number of anilines is 1. The molecule has 1 heterocycles. The molecule has 1 aliphatic rings. The summed E-state index contributed by atoms with van der Waals surface area (Å²) in [7, 11) is -3.61. The van der Waals surface area contributed by atoms with Gasteiger partial charge in [-0.15, -0.1) is 0 Å². The largest absolute Gasteiger partial charge is 0.263 e. The Morgan fingerprint density at radius 1 is 1.14 bits per heavy atom. The smallest absolute Gasteiger partial charge is 0.263 e. The van der Waals surface area contributed by atoms with Crippen LogP contribution in [0, 0.1) is 13.8 Å². The summed E-state index contributed by atoms with van der Waals surface area (Å²) in [5, 5.41) is 0. The first-order chi connectivity index (χ1) is 9.94. The summed E-state index contributed by atoms with van der Waals surface area (Å²) >= 11 is 0. The number of nitrogens with zero attached hydrogens (tertiary/aromatic N) is 2. The molecule has 0 radical (unpaired) electrons. The molecule has 0 atom stereocenters. The molecule has 0 aliphatic heterocycles. The minimum absolute atomic E-state index is 0.242. The molecule has 1 N–H and O–H groups in total. The molecule has 0 unspecified atom stereocenters. The highest BCUT2D eigenvalue weighted by Crippen LogP contribution is 2.39. The lowest BCUT2D eigenvalue weighted by atomic mass is 10.2. The van der Waals surface area contributed by atoms with Crippen molar-refractivity contribution in [3.8, 4) is 0 Å². The summed E-state index contributed by atoms with van der Waals surface area (Å²) in [6, 6.07) is 8.53. The van der Waals surface area contributed by atoms with Crippen LogP contribution in [0.1, 0.15) is 35.8 Å². The molecule has 0 bridgehead atoms. The van der Waals surface area contributed by atoms with Gasteiger partial charge < -0.3 is 0 Å². The van der Waals surface area contributed by atoms with E-state index in [2.05, 4.69) is 14.7 Å². The summed E-state index contributed by atoms with van der Waals surface area (Å²) in [4.78, 5) is 8.78. The monoisotopic (exact) mass is 303 g/mol. The lowest BCUT2D eigenvalue weighted by molar-refractivity contribution is 0.601. The number of rotatable bonds is 4. The normalized spacial score (nSPS) is 15.0. The maximum absolute atomic E-state index is 12.4. The lowest BCUT2D eigenvalue weighted by Gasteiger charge is -2.09. The minimum atomic E-state index is -3.61. The van der Waals surface area contributed by atoms with Crippen LogP contribution in [0.3, 0.4) is 0 Å². The molecule has 110 valence electrons. The molecule has 0 spiro atoms. The van der Waals surface area contributed by atoms with Gasteiger partial charge in [0.2, 0.25) is 0 Å². The first kappa shape index (κ1) is 14.0. The van der Waals surface area contributed by atoms with Crippen LogP contribution in [0.15, 0.2) is 35.2 Å². The van der Waals surface area contributed by atoms with Gasteiger partial charge in [-0.25, -0.2) is 18.4 Å². The van der Waals surface area contributed by atoms with E-state index in [0.717, 1.165) is 24.1 Å². The van der Waals surface area contributed by atoms with Crippen molar-refractivity contribution in [2.24, 2.45) is 0 Å². The van der Waals surface area contributed by atoms with Gasteiger partial charge in [0.15, 0.2) is 0 Å². The van der Waals surface area contributed by atoms with Crippen LogP contribution < -0.4 is 4.72 Å². The van der Waals surface area contributed by atoms with Gasteiger partial charge in [0, 0.05) is 17.7 Å². The molecule has 5 nitrogen and oxygen atoms in total. The Bertz CT molecular complexity index is 783. The molecular formula is C15H17N3O2S. The van der Waals surface area contributed by atoms with Crippen molar-refractivity contribution in [2.45, 2.75) is 37.5 Å². The maximum atomic E-state index is 12.4. The Morgan fingerprint density at radius 2 is 1.90 bits per heavy atom. The SMILES string of the molecule is Cc1cccc(S(=O)(=O)Nc2cc(C3CC3)nc(C)n2)c1. The predicted molar refractivity (Wildman–Crippen MR) is 80.7 cm³/mol. The van der Waals surface area contributed by atoms with Crippen LogP contribution in [0.2, 0.25) is 0 Å². The zero-order valence-corrected chi connectivity index (χ0v) is 12.8. The van der Waals surface area contributed by atoms with E-state index in [4.69, 9.17) is 0 Å². The van der Waals surface area contributed by atoms with Crippen molar-refractivity contribution in [3.63, 3.8) is 0 Å². The Hall–Kier alpha value is -1.95. The molecule has 0 amide bonds. The fraction of sp³-hybridized carbons (Fsp3) is 0.333. The zero-order chi connectivity index (χ0) is 15.0. The number of hydrogen-bond acceptors (Lipinski definition) is 4. The second-order valence-electron chi connectivity index (χ2n) is 5.42. The van der Waals surface area contributed by atoms with Crippen LogP contribution >= 0.6 is 0 Å². The van der Waals surface area contributed by atoms with Gasteiger partial charge in [-0.05, 0) is 44.4 Å². The van der Waals surface area contributed by atoms with Crippen molar-refractivity contribution in [3.05, 3.63) is 47.4 Å². The van der Waals surface area contributed by atoms with E-state index in [9.17, 15) is 8.42 Å². The second-order valence-corrected chi connectivity index (χ2v) is 7.10. The second kappa shape index (κ2) is 5.11. The fourth-order valence-corrected chi connectivity index (χ4v) is 3.31. The molecule has 6 heteroatoms. The van der Waals surface area contributed by atoms with E-state index in [0.29, 0.717) is 17.6 Å². The first-order valence-electron chi connectivity index (χ1n) is 6.89. The lowest BCUT2D eigenvalue weighted by Crippen LogP contribution is -2.15. The van der Waals surface area contributed by atoms with E-state index in [1.807, 2.05) is 13.0 Å². The van der Waals surface area contributed by atoms with Gasteiger partial charge in [0.05, 0.1) is 4.90 Å². The van der Waals surface area contributed by atoms with Gasteiger partial charge in [-0.2, -0.15) is 0 Å². The highest BCUT2D eigenvalue weighted by molar-refractivity contribution is 7.92. The molecular weight excluding hydrogens is 286 g/mol. The quantitative estimate of drug-likeness (QED) is 0.942. The standard InChI is InChI=1S/C15H17N3O2S/c1-10-4-3-5-13(8-10)21(19,20)18-15-9-14(12-6-7-12)16-11(2)17-15/h3-5,8-9,12H,6-7H2,1-2H3,(H,16,17,18). The fourth-order valence-electron chi connectivity index (χ4n) is 2.21. The molecule has 3 rings (SSSR count). The summed E-state index contributed by atoms with van der Waals surface area (Å²) < 4.78 is 27.3. The summed E-state index contributed by atoms with van der Waals surface area (Å²) in [5.74, 6) is 1.38. The molecule has 1 aromatic heterocycles. The molecule has 1 fully saturated rings. The molecule has 1 aliphatic carbocycles. The third kappa shape index (κ3) is 3.21. The van der Waals surface area contributed by atoms with E-state index >= 15 is 0 Å². The number of sulfonamides is 1. The maximum Gasteiger partial charge on any atom is 0.263 e. The number of aryl methyl sites for hydroxylation is 2. The van der Waals surface area contributed by atoms with Crippen molar-refractivity contribution in [1.29, 1.82) is 0 Å². The van der Waals surface area contributed by atoms with Crippen LogP contribution in [0.4, 0.5) is 5.82 Å². The van der Waals surface area contributed by atoms with Gasteiger partial charge in [-0.1, -0.05) is 12.1 Å². The van der Waals surface area contributed by atoms with Crippen LogP contribution in [0.5, 0.6) is 0 Å². The van der Waals surface area contributed by atoms with Gasteiger partial charge >= 0.3 is 0 Å². The van der Waals surface area contributed by atoms with Crippen LogP contribution in [-0.2, 0) is 10.0 Å². The zero-order valence-electron chi connectivity index (χ0n) is 12.0. The molecule has 0 saturated heterocycles. The van der Waals surface area contributed by atoms with Crippen molar-refractivity contribution < 1.29 is 8.42 Å². The molecule has 1 aromatic carbocycles. The first-order valence-corrected chi connectivity index (χ1v) is 8.37. The van der Waals surface area contributed by atoms with Gasteiger partial charge in [0.1, 0.15) is 11.6 Å². The Balaban J connectivity index is 1.92. The molecule has 2 aromatic rings. The van der Waals surface area contributed by atoms with E-state index in [1.165, 1.54) is 0 Å². The van der Waals surface area contributed by atoms with Gasteiger partial charge in [0.25, 0.3) is 10.0 Å². The average Bonchev–Trinajstić information content (AvgIpc) is 3.21. The van der Waals surface area contributed by atoms with Crippen molar-refractivity contribution in [2.75, 3.05) is 4.72 Å². The summed E-state index contributed by atoms with van der Waals surface area (Å²) in [6.45, 7) is 3.63. The topological polar surface area (TPSA) is 72.0 Å². The Morgan fingerprint density at radius 3 is 2.57 bits per heavy atom. The summed E-state index contributed by atoms with van der Waals surface area (Å²) in [6.07, 6.45) is 2.22. The van der Waals surface area contributed by atoms with Crippen molar-refractivity contribution in [1.82, 2.24) is 9.97 Å². The van der Waals surface area contributed by atoms with E-state index in [1.54, 1.807) is 31.2 Å². The molecule has 1 saturated carbocycles.